The van der Waals surface area contributed by atoms with E-state index in [4.69, 9.17) is 38.3 Å². The zero-order valence-electron chi connectivity index (χ0n) is 18.6. The van der Waals surface area contributed by atoms with Crippen LogP contribution in [0.2, 0.25) is 10.0 Å². The topological polar surface area (TPSA) is 78.7 Å². The van der Waals surface area contributed by atoms with Crippen molar-refractivity contribution in [2.75, 3.05) is 31.7 Å². The van der Waals surface area contributed by atoms with Gasteiger partial charge in [-0.25, -0.2) is 4.98 Å². The van der Waals surface area contributed by atoms with Crippen molar-refractivity contribution in [1.29, 1.82) is 0 Å². The van der Waals surface area contributed by atoms with Crippen LogP contribution >= 0.6 is 23.2 Å². The molecule has 2 aromatic carbocycles. The van der Waals surface area contributed by atoms with E-state index in [9.17, 15) is 4.79 Å². The van der Waals surface area contributed by atoms with Crippen molar-refractivity contribution in [3.8, 4) is 22.4 Å². The molecule has 2 aromatic heterocycles. The molecule has 34 heavy (non-hydrogen) atoms. The van der Waals surface area contributed by atoms with Gasteiger partial charge in [0.05, 0.1) is 30.3 Å². The van der Waals surface area contributed by atoms with Gasteiger partial charge in [0.15, 0.2) is 5.65 Å². The number of hydrogen-bond acceptors (Lipinski definition) is 6. The lowest BCUT2D eigenvalue weighted by atomic mass is 9.89. The highest BCUT2D eigenvalue weighted by molar-refractivity contribution is 6.33. The maximum atomic E-state index is 12.5. The van der Waals surface area contributed by atoms with Gasteiger partial charge in [-0.2, -0.15) is 14.6 Å². The van der Waals surface area contributed by atoms with Crippen LogP contribution in [0.25, 0.3) is 28.0 Å². The summed E-state index contributed by atoms with van der Waals surface area (Å²) in [5, 5.41) is 9.13. The molecular formula is C24H21Cl2N7O. The Hall–Kier alpha value is -3.20. The molecule has 0 atom stereocenters. The van der Waals surface area contributed by atoms with E-state index in [1.54, 1.807) is 4.52 Å². The van der Waals surface area contributed by atoms with E-state index in [1.165, 1.54) is 0 Å². The number of rotatable bonds is 3. The summed E-state index contributed by atoms with van der Waals surface area (Å²) in [5.74, 6) is 1.32. The largest absolute Gasteiger partial charge is 0.342 e. The number of carbonyl (C=O) groups is 1. The van der Waals surface area contributed by atoms with Crippen molar-refractivity contribution in [2.24, 2.45) is 0 Å². The standard InChI is InChI=1S/C24H21Cl2N7O/c1-14-28-21-19(15-7-9-16(25)10-8-15)20(17-5-3-4-6-18(17)26)30-33(21)23(29-14)32-11-24(12-32)22(34)27-13-31(24)2/h3-10H,11-13H2,1-2H3,(H,27,34). The summed E-state index contributed by atoms with van der Waals surface area (Å²) >= 11 is 12.8. The SMILES string of the molecule is Cc1nc(N2CC3(C2)C(=O)NCN3C)n2nc(-c3ccccc3Cl)c(-c3ccc(Cl)cc3)c2n1. The van der Waals surface area contributed by atoms with Crippen LogP contribution in [0, 0.1) is 6.92 Å². The van der Waals surface area contributed by atoms with Crippen molar-refractivity contribution in [1.82, 2.24) is 29.8 Å². The second kappa shape index (κ2) is 7.66. The van der Waals surface area contributed by atoms with E-state index >= 15 is 0 Å². The van der Waals surface area contributed by atoms with Gasteiger partial charge in [0.2, 0.25) is 11.9 Å². The van der Waals surface area contributed by atoms with Crippen molar-refractivity contribution < 1.29 is 4.79 Å². The molecule has 2 aliphatic rings. The van der Waals surface area contributed by atoms with Crippen LogP contribution in [0.5, 0.6) is 0 Å². The fraction of sp³-hybridized carbons (Fsp3) is 0.250. The first-order chi connectivity index (χ1) is 16.4. The Morgan fingerprint density at radius 3 is 2.44 bits per heavy atom. The van der Waals surface area contributed by atoms with Gasteiger partial charge in [-0.15, -0.1) is 0 Å². The number of amides is 1. The molecule has 1 N–H and O–H groups in total. The molecule has 4 aromatic rings. The van der Waals surface area contributed by atoms with E-state index in [2.05, 4.69) is 15.1 Å². The Morgan fingerprint density at radius 1 is 1.03 bits per heavy atom. The van der Waals surface area contributed by atoms with Crippen LogP contribution in [0.4, 0.5) is 5.95 Å². The first kappa shape index (κ1) is 21.3. The predicted molar refractivity (Wildman–Crippen MR) is 132 cm³/mol. The lowest BCUT2D eigenvalue weighted by molar-refractivity contribution is -0.127. The van der Waals surface area contributed by atoms with Gasteiger partial charge in [0.25, 0.3) is 0 Å². The maximum Gasteiger partial charge on any atom is 0.245 e. The second-order valence-electron chi connectivity index (χ2n) is 8.77. The third-order valence-electron chi connectivity index (χ3n) is 6.66. The minimum atomic E-state index is -0.539. The Labute approximate surface area is 206 Å². The second-order valence-corrected chi connectivity index (χ2v) is 9.61. The number of carbonyl (C=O) groups excluding carboxylic acids is 1. The van der Waals surface area contributed by atoms with Gasteiger partial charge >= 0.3 is 0 Å². The minimum absolute atomic E-state index is 0.0485. The average molecular weight is 494 g/mol. The summed E-state index contributed by atoms with van der Waals surface area (Å²) in [4.78, 5) is 26.1. The van der Waals surface area contributed by atoms with Crippen LogP contribution < -0.4 is 10.2 Å². The summed E-state index contributed by atoms with van der Waals surface area (Å²) in [6.45, 7) is 3.46. The van der Waals surface area contributed by atoms with Crippen LogP contribution in [0.3, 0.4) is 0 Å². The number of anilines is 1. The Kier molecular flexibility index (Phi) is 4.81. The quantitative estimate of drug-likeness (QED) is 0.469. The van der Waals surface area contributed by atoms with Gasteiger partial charge in [0, 0.05) is 10.6 Å². The van der Waals surface area contributed by atoms with Crippen LogP contribution in [-0.2, 0) is 4.79 Å². The van der Waals surface area contributed by atoms with Gasteiger partial charge in [-0.3, -0.25) is 9.69 Å². The van der Waals surface area contributed by atoms with E-state index in [1.807, 2.05) is 62.5 Å². The molecule has 2 aliphatic heterocycles. The number of hydrogen-bond donors (Lipinski definition) is 1. The summed E-state index contributed by atoms with van der Waals surface area (Å²) < 4.78 is 1.76. The lowest BCUT2D eigenvalue weighted by Crippen LogP contribution is -2.71. The van der Waals surface area contributed by atoms with Gasteiger partial charge < -0.3 is 10.2 Å². The molecule has 0 bridgehead atoms. The number of benzene rings is 2. The van der Waals surface area contributed by atoms with Gasteiger partial charge in [-0.05, 0) is 37.7 Å². The smallest absolute Gasteiger partial charge is 0.245 e. The van der Waals surface area contributed by atoms with Crippen molar-refractivity contribution in [3.05, 3.63) is 64.4 Å². The molecule has 0 saturated carbocycles. The number of fused-ring (bicyclic) bond motifs is 1. The Bertz CT molecular complexity index is 1440. The van der Waals surface area contributed by atoms with E-state index in [0.29, 0.717) is 52.9 Å². The third kappa shape index (κ3) is 3.10. The molecule has 10 heteroatoms. The maximum absolute atomic E-state index is 12.5. The number of aryl methyl sites for hydroxylation is 1. The normalized spacial score (nSPS) is 17.4. The molecule has 1 amide bonds. The highest BCUT2D eigenvalue weighted by Crippen LogP contribution is 2.40. The average Bonchev–Trinajstić information content (AvgIpc) is 3.30. The molecule has 1 spiro atoms. The number of likely N-dealkylation sites (N-methyl/N-ethyl adjacent to an activating group) is 1. The van der Waals surface area contributed by atoms with E-state index < -0.39 is 5.54 Å². The molecule has 2 saturated heterocycles. The molecule has 8 nitrogen and oxygen atoms in total. The van der Waals surface area contributed by atoms with Crippen LogP contribution in [0.1, 0.15) is 5.82 Å². The molecular weight excluding hydrogens is 473 g/mol. The Balaban J connectivity index is 1.55. The highest BCUT2D eigenvalue weighted by Gasteiger charge is 2.56. The fourth-order valence-electron chi connectivity index (χ4n) is 4.74. The molecule has 6 rings (SSSR count). The molecule has 172 valence electrons. The number of halogens is 2. The summed E-state index contributed by atoms with van der Waals surface area (Å²) in [7, 11) is 1.96. The number of nitrogens with one attached hydrogen (secondary N) is 1. The molecule has 4 heterocycles. The first-order valence-corrected chi connectivity index (χ1v) is 11.7. The summed E-state index contributed by atoms with van der Waals surface area (Å²) in [6.07, 6.45) is 0. The van der Waals surface area contributed by atoms with Crippen LogP contribution in [-0.4, -0.2) is 62.7 Å². The Morgan fingerprint density at radius 2 is 1.76 bits per heavy atom. The molecule has 0 aliphatic carbocycles. The summed E-state index contributed by atoms with van der Waals surface area (Å²) in [6, 6.07) is 15.2. The zero-order chi connectivity index (χ0) is 23.6. The zero-order valence-corrected chi connectivity index (χ0v) is 20.1. The molecule has 2 fully saturated rings. The van der Waals surface area contributed by atoms with E-state index in [0.717, 1.165) is 16.7 Å². The van der Waals surface area contributed by atoms with Gasteiger partial charge in [-0.1, -0.05) is 53.5 Å². The van der Waals surface area contributed by atoms with Crippen molar-refractivity contribution in [3.63, 3.8) is 0 Å². The first-order valence-electron chi connectivity index (χ1n) is 10.9. The van der Waals surface area contributed by atoms with Crippen LogP contribution in [0.15, 0.2) is 48.5 Å². The van der Waals surface area contributed by atoms with Crippen molar-refractivity contribution >= 4 is 40.7 Å². The number of aromatic nitrogens is 4. The molecule has 0 unspecified atom stereocenters. The fourth-order valence-corrected chi connectivity index (χ4v) is 5.09. The minimum Gasteiger partial charge on any atom is -0.342 e. The predicted octanol–water partition coefficient (Wildman–Crippen LogP) is 3.65. The molecule has 0 radical (unpaired) electrons. The van der Waals surface area contributed by atoms with Crippen molar-refractivity contribution in [2.45, 2.75) is 12.5 Å². The lowest BCUT2D eigenvalue weighted by Gasteiger charge is -2.49. The summed E-state index contributed by atoms with van der Waals surface area (Å²) in [5.41, 5.74) is 3.42. The monoisotopic (exact) mass is 493 g/mol. The third-order valence-corrected chi connectivity index (χ3v) is 7.24. The van der Waals surface area contributed by atoms with E-state index in [-0.39, 0.29) is 5.91 Å². The number of nitrogens with zero attached hydrogens (tertiary/aromatic N) is 6. The van der Waals surface area contributed by atoms with Gasteiger partial charge in [0.1, 0.15) is 17.1 Å². The highest BCUT2D eigenvalue weighted by atomic mass is 35.5.